The molecule has 0 aliphatic heterocycles. The van der Waals surface area contributed by atoms with Gasteiger partial charge in [0.2, 0.25) is 0 Å². The predicted molar refractivity (Wildman–Crippen MR) is 146 cm³/mol. The lowest BCUT2D eigenvalue weighted by atomic mass is 9.95. The van der Waals surface area contributed by atoms with E-state index in [9.17, 15) is 9.59 Å². The lowest BCUT2D eigenvalue weighted by Gasteiger charge is -2.24. The quantitative estimate of drug-likeness (QED) is 0.192. The third-order valence-electron chi connectivity index (χ3n) is 7.55. The third-order valence-corrected chi connectivity index (χ3v) is 8.62. The summed E-state index contributed by atoms with van der Waals surface area (Å²) >= 11 is 1.67. The second kappa shape index (κ2) is 8.38. The van der Waals surface area contributed by atoms with Crippen molar-refractivity contribution in [1.82, 2.24) is 9.55 Å². The lowest BCUT2D eigenvalue weighted by molar-refractivity contribution is 0.0990. The van der Waals surface area contributed by atoms with Gasteiger partial charge in [0.1, 0.15) is 10.7 Å². The summed E-state index contributed by atoms with van der Waals surface area (Å²) in [5, 5.41) is 1.94. The standard InChI is InChI=1S/C31H24N2O2S/c34-29-23-15-20-11-7-8-12-21(20)16-24(23)30(35)25(29)17-28-32-31-26(33(28)22-13-5-2-6-14-22)18-27(36-31)19-9-3-1-4-10-19/h1,3-4,7-12,15-18,22H,2,5-6,13-14H2. The highest BCUT2D eigenvalue weighted by molar-refractivity contribution is 7.21. The molecule has 2 aromatic heterocycles. The van der Waals surface area contributed by atoms with E-state index < -0.39 is 0 Å². The van der Waals surface area contributed by atoms with Crippen molar-refractivity contribution in [2.75, 3.05) is 0 Å². The Morgan fingerprint density at radius 1 is 0.806 bits per heavy atom. The van der Waals surface area contributed by atoms with Gasteiger partial charge in [0.05, 0.1) is 11.1 Å². The van der Waals surface area contributed by atoms with Crippen LogP contribution < -0.4 is 0 Å². The molecule has 5 aromatic rings. The summed E-state index contributed by atoms with van der Waals surface area (Å²) < 4.78 is 2.30. The van der Waals surface area contributed by atoms with Crippen molar-refractivity contribution in [2.45, 2.75) is 38.1 Å². The molecule has 2 heterocycles. The van der Waals surface area contributed by atoms with Crippen molar-refractivity contribution in [3.8, 4) is 10.4 Å². The van der Waals surface area contributed by atoms with Gasteiger partial charge in [-0.05, 0) is 53.5 Å². The topological polar surface area (TPSA) is 52.0 Å². The number of hydrogen-bond donors (Lipinski definition) is 0. The van der Waals surface area contributed by atoms with Crippen LogP contribution in [0.2, 0.25) is 0 Å². The maximum atomic E-state index is 13.4. The fourth-order valence-corrected chi connectivity index (χ4v) is 6.78. The Morgan fingerprint density at radius 2 is 1.44 bits per heavy atom. The first-order valence-electron chi connectivity index (χ1n) is 12.6. The number of rotatable bonds is 3. The van der Waals surface area contributed by atoms with Crippen LogP contribution in [-0.2, 0) is 0 Å². The Labute approximate surface area is 212 Å². The number of nitrogens with zero attached hydrogens (tertiary/aromatic N) is 2. The molecule has 0 unspecified atom stereocenters. The Hall–Kier alpha value is -3.83. The molecule has 0 spiro atoms. The van der Waals surface area contributed by atoms with Gasteiger partial charge in [-0.3, -0.25) is 9.59 Å². The molecule has 5 heteroatoms. The zero-order valence-electron chi connectivity index (χ0n) is 19.7. The zero-order chi connectivity index (χ0) is 24.2. The van der Waals surface area contributed by atoms with Gasteiger partial charge in [-0.1, -0.05) is 73.9 Å². The van der Waals surface area contributed by atoms with Crippen LogP contribution in [0.4, 0.5) is 0 Å². The van der Waals surface area contributed by atoms with E-state index in [1.165, 1.54) is 29.7 Å². The number of thiophene rings is 1. The van der Waals surface area contributed by atoms with Crippen LogP contribution >= 0.6 is 11.3 Å². The number of fused-ring (bicyclic) bond motifs is 3. The number of Topliss-reactive ketones (excluding diaryl/α,β-unsaturated/α-hetero) is 2. The van der Waals surface area contributed by atoms with Crippen LogP contribution in [0.5, 0.6) is 0 Å². The minimum absolute atomic E-state index is 0.202. The average Bonchev–Trinajstić information content (AvgIpc) is 3.55. The number of imidazole rings is 1. The van der Waals surface area contributed by atoms with Crippen LogP contribution in [0, 0.1) is 0 Å². The third kappa shape index (κ3) is 3.38. The highest BCUT2D eigenvalue weighted by atomic mass is 32.1. The van der Waals surface area contributed by atoms with Gasteiger partial charge in [-0.2, -0.15) is 0 Å². The molecule has 1 saturated carbocycles. The number of carbonyl (C=O) groups excluding carboxylic acids is 2. The molecule has 36 heavy (non-hydrogen) atoms. The Kier molecular flexibility index (Phi) is 5.00. The molecule has 1 fully saturated rings. The monoisotopic (exact) mass is 488 g/mol. The molecule has 176 valence electrons. The van der Waals surface area contributed by atoms with Crippen molar-refractivity contribution in [1.29, 1.82) is 0 Å². The van der Waals surface area contributed by atoms with E-state index in [1.807, 2.05) is 42.5 Å². The number of ketones is 2. The van der Waals surface area contributed by atoms with Gasteiger partial charge >= 0.3 is 0 Å². The maximum Gasteiger partial charge on any atom is 0.197 e. The van der Waals surface area contributed by atoms with Crippen molar-refractivity contribution >= 4 is 50.1 Å². The van der Waals surface area contributed by atoms with E-state index >= 15 is 0 Å². The summed E-state index contributed by atoms with van der Waals surface area (Å²) in [5.41, 5.74) is 3.49. The van der Waals surface area contributed by atoms with E-state index in [0.717, 1.165) is 39.8 Å². The summed E-state index contributed by atoms with van der Waals surface area (Å²) in [6.07, 6.45) is 7.55. The zero-order valence-corrected chi connectivity index (χ0v) is 20.6. The fourth-order valence-electron chi connectivity index (χ4n) is 5.74. The minimum Gasteiger partial charge on any atom is -0.321 e. The normalized spacial score (nSPS) is 16.3. The Morgan fingerprint density at radius 3 is 2.11 bits per heavy atom. The molecule has 0 saturated heterocycles. The van der Waals surface area contributed by atoms with Gasteiger partial charge in [-0.25, -0.2) is 4.98 Å². The molecular formula is C31H24N2O2S. The van der Waals surface area contributed by atoms with E-state index in [4.69, 9.17) is 4.98 Å². The Bertz CT molecular complexity index is 1640. The molecule has 2 aliphatic carbocycles. The summed E-state index contributed by atoms with van der Waals surface area (Å²) in [6.45, 7) is 0. The van der Waals surface area contributed by atoms with E-state index in [0.29, 0.717) is 17.2 Å². The highest BCUT2D eigenvalue weighted by Crippen LogP contribution is 2.40. The summed E-state index contributed by atoms with van der Waals surface area (Å²) in [4.78, 5) is 33.9. The maximum absolute atomic E-state index is 13.4. The fraction of sp³-hybridized carbons (Fsp3) is 0.194. The molecule has 0 bridgehead atoms. The summed E-state index contributed by atoms with van der Waals surface area (Å²) in [7, 11) is 0. The Balaban J connectivity index is 1.36. The summed E-state index contributed by atoms with van der Waals surface area (Å²) in [6, 6.07) is 24.5. The SMILES string of the molecule is O=C1C(=Cc2nc3sc(-c4ccccc4)cc3n2C2CCCCC2)C(=O)c2cc3ccccc3cc21. The molecule has 7 rings (SSSR count). The lowest BCUT2D eigenvalue weighted by Crippen LogP contribution is -2.14. The van der Waals surface area contributed by atoms with Crippen LogP contribution in [-0.4, -0.2) is 21.1 Å². The van der Waals surface area contributed by atoms with E-state index in [-0.39, 0.29) is 17.1 Å². The molecule has 3 aromatic carbocycles. The number of aromatic nitrogens is 2. The molecule has 0 amide bonds. The average molecular weight is 489 g/mol. The molecule has 2 aliphatic rings. The summed E-state index contributed by atoms with van der Waals surface area (Å²) in [5.74, 6) is 0.316. The second-order valence-electron chi connectivity index (χ2n) is 9.76. The van der Waals surface area contributed by atoms with E-state index in [1.54, 1.807) is 17.4 Å². The number of carbonyl (C=O) groups is 2. The van der Waals surface area contributed by atoms with Crippen molar-refractivity contribution in [3.05, 3.63) is 95.3 Å². The van der Waals surface area contributed by atoms with Gasteiger partial charge in [0.15, 0.2) is 11.6 Å². The van der Waals surface area contributed by atoms with Crippen molar-refractivity contribution in [2.24, 2.45) is 0 Å². The predicted octanol–water partition coefficient (Wildman–Crippen LogP) is 7.89. The molecule has 0 atom stereocenters. The van der Waals surface area contributed by atoms with Crippen LogP contribution in [0.3, 0.4) is 0 Å². The van der Waals surface area contributed by atoms with Crippen LogP contribution in [0.25, 0.3) is 37.6 Å². The van der Waals surface area contributed by atoms with E-state index in [2.05, 4.69) is 34.9 Å². The molecular weight excluding hydrogens is 464 g/mol. The van der Waals surface area contributed by atoms with Gasteiger partial charge in [-0.15, -0.1) is 11.3 Å². The highest BCUT2D eigenvalue weighted by Gasteiger charge is 2.34. The van der Waals surface area contributed by atoms with Gasteiger partial charge in [0.25, 0.3) is 0 Å². The largest absolute Gasteiger partial charge is 0.321 e. The minimum atomic E-state index is -0.202. The van der Waals surface area contributed by atoms with Crippen LogP contribution in [0.1, 0.15) is 64.7 Å². The number of allylic oxidation sites excluding steroid dienone is 1. The molecule has 4 nitrogen and oxygen atoms in total. The van der Waals surface area contributed by atoms with Crippen molar-refractivity contribution in [3.63, 3.8) is 0 Å². The smallest absolute Gasteiger partial charge is 0.197 e. The first-order valence-corrected chi connectivity index (χ1v) is 13.4. The first kappa shape index (κ1) is 21.5. The molecule has 0 N–H and O–H groups in total. The van der Waals surface area contributed by atoms with Crippen molar-refractivity contribution < 1.29 is 9.59 Å². The second-order valence-corrected chi connectivity index (χ2v) is 10.8. The molecule has 0 radical (unpaired) electrons. The van der Waals surface area contributed by atoms with Gasteiger partial charge < -0.3 is 4.57 Å². The number of hydrogen-bond acceptors (Lipinski definition) is 4. The van der Waals surface area contributed by atoms with Crippen LogP contribution in [0.15, 0.2) is 78.4 Å². The number of benzene rings is 3. The van der Waals surface area contributed by atoms with Gasteiger partial charge in [0, 0.05) is 22.0 Å². The first-order chi connectivity index (χ1) is 17.7.